The maximum absolute atomic E-state index is 12.8. The van der Waals surface area contributed by atoms with Gasteiger partial charge in [0.05, 0.1) is 4.88 Å². The normalized spacial score (nSPS) is 27.5. The van der Waals surface area contributed by atoms with Crippen LogP contribution in [-0.2, 0) is 4.79 Å². The van der Waals surface area contributed by atoms with Gasteiger partial charge in [0.1, 0.15) is 6.04 Å². The average Bonchev–Trinajstić information content (AvgIpc) is 3.11. The van der Waals surface area contributed by atoms with Gasteiger partial charge in [-0.25, -0.2) is 4.79 Å². The summed E-state index contributed by atoms with van der Waals surface area (Å²) in [6.07, 6.45) is 4.59. The van der Waals surface area contributed by atoms with E-state index in [0.29, 0.717) is 22.8 Å². The molecule has 22 heavy (non-hydrogen) atoms. The molecule has 1 aromatic rings. The number of hydrogen-bond acceptors (Lipinski definition) is 4. The number of ketones is 1. The number of fused-ring (bicyclic) bond motifs is 1. The second-order valence-electron chi connectivity index (χ2n) is 6.17. The van der Waals surface area contributed by atoms with E-state index in [2.05, 4.69) is 0 Å². The van der Waals surface area contributed by atoms with Gasteiger partial charge in [0, 0.05) is 17.0 Å². The topological polar surface area (TPSA) is 74.7 Å². The van der Waals surface area contributed by atoms with E-state index in [4.69, 9.17) is 0 Å². The molecule has 1 saturated carbocycles. The third-order valence-electron chi connectivity index (χ3n) is 4.82. The van der Waals surface area contributed by atoms with Crippen LogP contribution in [0.3, 0.4) is 0 Å². The lowest BCUT2D eigenvalue weighted by Gasteiger charge is -2.32. The van der Waals surface area contributed by atoms with Crippen LogP contribution in [-0.4, -0.2) is 39.7 Å². The highest BCUT2D eigenvalue weighted by Gasteiger charge is 2.47. The Balaban J connectivity index is 1.89. The fourth-order valence-corrected chi connectivity index (χ4v) is 4.62. The van der Waals surface area contributed by atoms with Crippen molar-refractivity contribution in [3.05, 3.63) is 21.9 Å². The number of aliphatic carboxylic acids is 1. The van der Waals surface area contributed by atoms with Crippen LogP contribution in [0.5, 0.6) is 0 Å². The summed E-state index contributed by atoms with van der Waals surface area (Å²) in [5.74, 6) is -0.946. The summed E-state index contributed by atoms with van der Waals surface area (Å²) < 4.78 is 0. The molecular weight excluding hydrogens is 302 g/mol. The quantitative estimate of drug-likeness (QED) is 0.869. The van der Waals surface area contributed by atoms with Crippen LogP contribution in [0.25, 0.3) is 0 Å². The van der Waals surface area contributed by atoms with Gasteiger partial charge in [-0.05, 0) is 38.2 Å². The van der Waals surface area contributed by atoms with Crippen LogP contribution in [0, 0.1) is 5.92 Å². The minimum absolute atomic E-state index is 0.0326. The van der Waals surface area contributed by atoms with Crippen molar-refractivity contribution in [2.24, 2.45) is 5.92 Å². The Labute approximate surface area is 132 Å². The molecule has 5 nitrogen and oxygen atoms in total. The summed E-state index contributed by atoms with van der Waals surface area (Å²) in [4.78, 5) is 37.8. The molecule has 2 aliphatic rings. The smallest absolute Gasteiger partial charge is 0.326 e. The minimum atomic E-state index is -0.925. The van der Waals surface area contributed by atoms with Gasteiger partial charge >= 0.3 is 5.97 Å². The van der Waals surface area contributed by atoms with Crippen molar-refractivity contribution in [1.82, 2.24) is 4.90 Å². The zero-order valence-electron chi connectivity index (χ0n) is 12.4. The number of carbonyl (C=O) groups is 3. The predicted molar refractivity (Wildman–Crippen MR) is 82.3 cm³/mol. The second-order valence-corrected chi connectivity index (χ2v) is 7.08. The molecule has 3 rings (SSSR count). The molecule has 6 heteroatoms. The molecule has 0 aromatic carbocycles. The molecule has 0 bridgehead atoms. The molecule has 0 spiro atoms. The highest BCUT2D eigenvalue weighted by molar-refractivity contribution is 7.12. The molecule has 2 heterocycles. The van der Waals surface area contributed by atoms with Crippen LogP contribution < -0.4 is 0 Å². The van der Waals surface area contributed by atoms with Crippen LogP contribution in [0.2, 0.25) is 0 Å². The number of likely N-dealkylation sites (tertiary alicyclic amines) is 1. The van der Waals surface area contributed by atoms with Crippen molar-refractivity contribution in [3.8, 4) is 0 Å². The Hall–Kier alpha value is -1.69. The number of thiophene rings is 1. The van der Waals surface area contributed by atoms with Crippen LogP contribution in [0.4, 0.5) is 0 Å². The lowest BCUT2D eigenvalue weighted by molar-refractivity contribution is -0.141. The SMILES string of the molecule is CC(=O)c1csc(C(=O)N2C(C(=O)O)CC3CCCCC32)c1. The molecule has 1 aliphatic heterocycles. The van der Waals surface area contributed by atoms with Gasteiger partial charge in [-0.2, -0.15) is 0 Å². The highest BCUT2D eigenvalue weighted by atomic mass is 32.1. The Morgan fingerprint density at radius 1 is 1.27 bits per heavy atom. The first-order valence-electron chi connectivity index (χ1n) is 7.64. The number of Topliss-reactive ketones (excluding diaryl/α,β-unsaturated/α-hetero) is 1. The van der Waals surface area contributed by atoms with E-state index in [1.165, 1.54) is 18.3 Å². The van der Waals surface area contributed by atoms with Gasteiger partial charge in [-0.15, -0.1) is 11.3 Å². The Morgan fingerprint density at radius 3 is 2.64 bits per heavy atom. The Morgan fingerprint density at radius 2 is 2.00 bits per heavy atom. The largest absolute Gasteiger partial charge is 0.480 e. The molecule has 3 atom stereocenters. The first kappa shape index (κ1) is 15.2. The van der Waals surface area contributed by atoms with Gasteiger partial charge in [0.25, 0.3) is 5.91 Å². The standard InChI is InChI=1S/C16H19NO4S/c1-9(18)11-7-14(22-8-11)15(19)17-12-5-3-2-4-10(12)6-13(17)16(20)21/h7-8,10,12-13H,2-6H2,1H3,(H,20,21). The number of hydrogen-bond donors (Lipinski definition) is 1. The summed E-state index contributed by atoms with van der Waals surface area (Å²) >= 11 is 1.22. The number of carboxylic acid groups (broad SMARTS) is 1. The highest BCUT2D eigenvalue weighted by Crippen LogP contribution is 2.41. The number of carboxylic acids is 1. The molecule has 1 aliphatic carbocycles. The molecule has 3 unspecified atom stereocenters. The number of amides is 1. The van der Waals surface area contributed by atoms with Crippen molar-refractivity contribution < 1.29 is 19.5 Å². The number of carbonyl (C=O) groups excluding carboxylic acids is 2. The van der Waals surface area contributed by atoms with Gasteiger partial charge < -0.3 is 10.0 Å². The molecule has 118 valence electrons. The minimum Gasteiger partial charge on any atom is -0.480 e. The maximum Gasteiger partial charge on any atom is 0.326 e. The van der Waals surface area contributed by atoms with Crippen LogP contribution >= 0.6 is 11.3 Å². The lowest BCUT2D eigenvalue weighted by atomic mass is 9.85. The summed E-state index contributed by atoms with van der Waals surface area (Å²) in [5, 5.41) is 11.1. The summed E-state index contributed by atoms with van der Waals surface area (Å²) in [6, 6.07) is 0.887. The van der Waals surface area contributed by atoms with Crippen molar-refractivity contribution in [2.75, 3.05) is 0 Å². The van der Waals surface area contributed by atoms with Crippen LogP contribution in [0.15, 0.2) is 11.4 Å². The molecule has 1 saturated heterocycles. The third-order valence-corrected chi connectivity index (χ3v) is 5.74. The molecule has 2 fully saturated rings. The maximum atomic E-state index is 12.8. The summed E-state index contributed by atoms with van der Waals surface area (Å²) in [5.41, 5.74) is 0.514. The van der Waals surface area contributed by atoms with Gasteiger partial charge in [0.15, 0.2) is 5.78 Å². The average molecular weight is 321 g/mol. The van der Waals surface area contributed by atoms with Crippen molar-refractivity contribution in [1.29, 1.82) is 0 Å². The van der Waals surface area contributed by atoms with E-state index in [1.54, 1.807) is 16.3 Å². The second kappa shape index (κ2) is 5.83. The number of rotatable bonds is 3. The fourth-order valence-electron chi connectivity index (χ4n) is 3.73. The first-order chi connectivity index (χ1) is 10.5. The van der Waals surface area contributed by atoms with Gasteiger partial charge in [-0.3, -0.25) is 9.59 Å². The zero-order valence-corrected chi connectivity index (χ0v) is 13.3. The van der Waals surface area contributed by atoms with Crippen LogP contribution in [0.1, 0.15) is 59.1 Å². The van der Waals surface area contributed by atoms with E-state index in [9.17, 15) is 19.5 Å². The van der Waals surface area contributed by atoms with Crippen molar-refractivity contribution >= 4 is 29.0 Å². The van der Waals surface area contributed by atoms with E-state index < -0.39 is 12.0 Å². The Kier molecular flexibility index (Phi) is 4.04. The molecule has 1 aromatic heterocycles. The van der Waals surface area contributed by atoms with Crippen molar-refractivity contribution in [3.63, 3.8) is 0 Å². The molecule has 0 radical (unpaired) electrons. The van der Waals surface area contributed by atoms with E-state index in [-0.39, 0.29) is 17.7 Å². The van der Waals surface area contributed by atoms with E-state index in [0.717, 1.165) is 25.7 Å². The molecule has 1 amide bonds. The fraction of sp³-hybridized carbons (Fsp3) is 0.562. The monoisotopic (exact) mass is 321 g/mol. The van der Waals surface area contributed by atoms with E-state index >= 15 is 0 Å². The summed E-state index contributed by atoms with van der Waals surface area (Å²) in [7, 11) is 0. The predicted octanol–water partition coefficient (Wildman–Crippen LogP) is 2.81. The Bertz CT molecular complexity index is 623. The molecule has 1 N–H and O–H groups in total. The van der Waals surface area contributed by atoms with Gasteiger partial charge in [-0.1, -0.05) is 12.8 Å². The third kappa shape index (κ3) is 2.56. The first-order valence-corrected chi connectivity index (χ1v) is 8.52. The summed E-state index contributed by atoms with van der Waals surface area (Å²) in [6.45, 7) is 1.46. The van der Waals surface area contributed by atoms with Crippen molar-refractivity contribution in [2.45, 2.75) is 51.1 Å². The number of nitrogens with zero attached hydrogens (tertiary/aromatic N) is 1. The van der Waals surface area contributed by atoms with E-state index in [1.807, 2.05) is 0 Å². The zero-order chi connectivity index (χ0) is 15.9. The van der Waals surface area contributed by atoms with Gasteiger partial charge in [0.2, 0.25) is 0 Å². The molecular formula is C16H19NO4S. The lowest BCUT2D eigenvalue weighted by Crippen LogP contribution is -2.46.